The molecule has 1 heterocycles. The van der Waals surface area contributed by atoms with Crippen molar-refractivity contribution >= 4 is 34.3 Å². The molecule has 1 saturated heterocycles. The van der Waals surface area contributed by atoms with Gasteiger partial charge in [0.2, 0.25) is 0 Å². The summed E-state index contributed by atoms with van der Waals surface area (Å²) in [5, 5.41) is 21.7. The summed E-state index contributed by atoms with van der Waals surface area (Å²) < 4.78 is 0. The summed E-state index contributed by atoms with van der Waals surface area (Å²) in [5.74, 6) is 0. The van der Waals surface area contributed by atoms with Crippen molar-refractivity contribution in [1.82, 2.24) is 4.90 Å². The molecule has 3 atom stereocenters. The number of aliphatic hydroxyl groups excluding tert-OH is 1. The zero-order valence-electron chi connectivity index (χ0n) is 13.2. The minimum Gasteiger partial charge on any atom is -0.369 e. The highest BCUT2D eigenvalue weighted by Crippen LogP contribution is 2.46. The molecule has 2 aromatic rings. The van der Waals surface area contributed by atoms with Gasteiger partial charge in [-0.2, -0.15) is 0 Å². The maximum Gasteiger partial charge on any atom is 0.284 e. The maximum atomic E-state index is 12.4. The van der Waals surface area contributed by atoms with Crippen LogP contribution in [0.3, 0.4) is 0 Å². The number of nitrogens with zero attached hydrogens (tertiary/aromatic N) is 2. The van der Waals surface area contributed by atoms with E-state index < -0.39 is 11.2 Å². The van der Waals surface area contributed by atoms with Crippen LogP contribution in [0.2, 0.25) is 5.02 Å². The molecule has 25 heavy (non-hydrogen) atoms. The average molecular weight is 379 g/mol. The van der Waals surface area contributed by atoms with Gasteiger partial charge in [-0.3, -0.25) is 19.8 Å². The molecule has 1 fully saturated rings. The van der Waals surface area contributed by atoms with Gasteiger partial charge >= 0.3 is 0 Å². The molecular weight excluding hydrogens is 364 g/mol. The Morgan fingerprint density at radius 3 is 2.60 bits per heavy atom. The Hall–Kier alpha value is -2.09. The summed E-state index contributed by atoms with van der Waals surface area (Å²) in [7, 11) is 0. The van der Waals surface area contributed by atoms with Gasteiger partial charge < -0.3 is 5.11 Å². The lowest BCUT2D eigenvalue weighted by atomic mass is 10.0. The van der Waals surface area contributed by atoms with Crippen molar-refractivity contribution in [2.24, 2.45) is 0 Å². The highest BCUT2D eigenvalue weighted by Gasteiger charge is 2.42. The summed E-state index contributed by atoms with van der Waals surface area (Å²) in [5.41, 5.74) is 1.12. The number of carbonyl (C=O) groups excluding carboxylic acids is 1. The van der Waals surface area contributed by atoms with Gasteiger partial charge in [0.25, 0.3) is 10.9 Å². The van der Waals surface area contributed by atoms with Gasteiger partial charge in [-0.1, -0.05) is 47.6 Å². The zero-order valence-corrected chi connectivity index (χ0v) is 14.8. The maximum absolute atomic E-state index is 12.4. The Morgan fingerprint density at radius 1 is 1.28 bits per heavy atom. The minimum absolute atomic E-state index is 0.127. The van der Waals surface area contributed by atoms with Crippen LogP contribution < -0.4 is 0 Å². The number of thioether (sulfide) groups is 1. The van der Waals surface area contributed by atoms with E-state index in [9.17, 15) is 20.0 Å². The summed E-state index contributed by atoms with van der Waals surface area (Å²) >= 11 is 7.03. The third-order valence-electron chi connectivity index (χ3n) is 4.16. The van der Waals surface area contributed by atoms with E-state index in [4.69, 9.17) is 11.6 Å². The van der Waals surface area contributed by atoms with E-state index in [0.29, 0.717) is 10.6 Å². The minimum atomic E-state index is -1.24. The molecule has 3 rings (SSSR count). The van der Waals surface area contributed by atoms with E-state index in [1.165, 1.54) is 23.1 Å². The lowest BCUT2D eigenvalue weighted by Crippen LogP contribution is -2.35. The monoisotopic (exact) mass is 378 g/mol. The lowest BCUT2D eigenvalue weighted by Gasteiger charge is -2.28. The first-order chi connectivity index (χ1) is 11.9. The number of nitro benzene ring substituents is 1. The van der Waals surface area contributed by atoms with E-state index in [1.807, 2.05) is 19.1 Å². The SMILES string of the molecule is C[C@@H]1[C@@H](c2ccc(Cl)cc2)SC(=O)N1C(O)c1cccc([N+](=O)[O-])c1. The number of non-ortho nitro benzene ring substituents is 1. The van der Waals surface area contributed by atoms with Gasteiger partial charge in [-0.15, -0.1) is 0 Å². The third kappa shape index (κ3) is 3.49. The summed E-state index contributed by atoms with van der Waals surface area (Å²) in [6.07, 6.45) is -1.24. The molecule has 0 saturated carbocycles. The lowest BCUT2D eigenvalue weighted by molar-refractivity contribution is -0.385. The number of halogens is 1. The molecule has 0 aliphatic carbocycles. The van der Waals surface area contributed by atoms with E-state index in [-0.39, 0.29) is 22.2 Å². The smallest absolute Gasteiger partial charge is 0.284 e. The number of aliphatic hydroxyl groups is 1. The fourth-order valence-corrected chi connectivity index (χ4v) is 4.21. The van der Waals surface area contributed by atoms with Crippen molar-refractivity contribution in [3.8, 4) is 0 Å². The molecule has 0 aromatic heterocycles. The van der Waals surface area contributed by atoms with E-state index in [2.05, 4.69) is 0 Å². The second-order valence-corrected chi connectivity index (χ2v) is 7.26. The third-order valence-corrected chi connectivity index (χ3v) is 5.74. The molecule has 0 spiro atoms. The number of carbonyl (C=O) groups is 1. The second-order valence-electron chi connectivity index (χ2n) is 5.73. The number of nitro groups is 1. The van der Waals surface area contributed by atoms with Gasteiger partial charge in [0.15, 0.2) is 6.23 Å². The van der Waals surface area contributed by atoms with Crippen molar-refractivity contribution in [3.05, 3.63) is 74.8 Å². The molecule has 1 aliphatic rings. The normalized spacial score (nSPS) is 21.4. The topological polar surface area (TPSA) is 83.7 Å². The quantitative estimate of drug-likeness (QED) is 0.623. The Morgan fingerprint density at radius 2 is 1.96 bits per heavy atom. The van der Waals surface area contributed by atoms with Crippen LogP contribution in [0.5, 0.6) is 0 Å². The number of amides is 1. The van der Waals surface area contributed by atoms with E-state index in [1.54, 1.807) is 18.2 Å². The molecule has 6 nitrogen and oxygen atoms in total. The largest absolute Gasteiger partial charge is 0.369 e. The Balaban J connectivity index is 1.87. The van der Waals surface area contributed by atoms with Crippen LogP contribution in [0.15, 0.2) is 48.5 Å². The highest BCUT2D eigenvalue weighted by molar-refractivity contribution is 8.14. The Bertz CT molecular complexity index is 815. The summed E-state index contributed by atoms with van der Waals surface area (Å²) in [6, 6.07) is 12.6. The molecular formula is C17H15ClN2O4S. The second kappa shape index (κ2) is 7.03. The molecule has 0 bridgehead atoms. The van der Waals surface area contributed by atoms with Gasteiger partial charge in [0.1, 0.15) is 0 Å². The van der Waals surface area contributed by atoms with Crippen molar-refractivity contribution in [2.45, 2.75) is 24.4 Å². The molecule has 1 aliphatic heterocycles. The van der Waals surface area contributed by atoms with E-state index in [0.717, 1.165) is 17.3 Å². The van der Waals surface area contributed by atoms with Crippen molar-refractivity contribution in [3.63, 3.8) is 0 Å². The van der Waals surface area contributed by atoms with Crippen molar-refractivity contribution < 1.29 is 14.8 Å². The summed E-state index contributed by atoms with van der Waals surface area (Å²) in [6.45, 7) is 1.84. The predicted octanol–water partition coefficient (Wildman–Crippen LogP) is 4.54. The predicted molar refractivity (Wildman–Crippen MR) is 96.5 cm³/mol. The molecule has 2 aromatic carbocycles. The van der Waals surface area contributed by atoms with Gasteiger partial charge in [0.05, 0.1) is 10.2 Å². The first-order valence-corrected chi connectivity index (χ1v) is 8.81. The van der Waals surface area contributed by atoms with Crippen molar-refractivity contribution in [1.29, 1.82) is 0 Å². The van der Waals surface area contributed by atoms with Crippen LogP contribution in [0, 0.1) is 10.1 Å². The summed E-state index contributed by atoms with van der Waals surface area (Å²) in [4.78, 5) is 24.2. The first kappa shape index (κ1) is 17.7. The molecule has 1 N–H and O–H groups in total. The van der Waals surface area contributed by atoms with Crippen molar-refractivity contribution in [2.75, 3.05) is 0 Å². The Kier molecular flexibility index (Phi) is 4.99. The number of hydrogen-bond acceptors (Lipinski definition) is 5. The fourth-order valence-electron chi connectivity index (χ4n) is 2.86. The fraction of sp³-hybridized carbons (Fsp3) is 0.235. The van der Waals surface area contributed by atoms with Gasteiger partial charge in [-0.25, -0.2) is 0 Å². The van der Waals surface area contributed by atoms with Gasteiger partial charge in [-0.05, 0) is 24.6 Å². The van der Waals surface area contributed by atoms with Crippen LogP contribution in [0.1, 0.15) is 29.5 Å². The molecule has 0 radical (unpaired) electrons. The molecule has 1 unspecified atom stereocenters. The molecule has 1 amide bonds. The van der Waals surface area contributed by atoms with Crippen LogP contribution in [-0.4, -0.2) is 26.2 Å². The Labute approximate surface area is 153 Å². The van der Waals surface area contributed by atoms with Crippen LogP contribution in [-0.2, 0) is 0 Å². The number of benzene rings is 2. The number of hydrogen-bond donors (Lipinski definition) is 1. The van der Waals surface area contributed by atoms with Crippen LogP contribution in [0.25, 0.3) is 0 Å². The number of rotatable bonds is 4. The molecule has 130 valence electrons. The van der Waals surface area contributed by atoms with Gasteiger partial charge in [0, 0.05) is 28.8 Å². The zero-order chi connectivity index (χ0) is 18.1. The standard InChI is InChI=1S/C17H15ClN2O4S/c1-10-15(11-5-7-13(18)8-6-11)25-17(22)19(10)16(21)12-3-2-4-14(9-12)20(23)24/h2-10,15-16,21H,1H3/t10-,15+,16?/m1/s1. The highest BCUT2D eigenvalue weighted by atomic mass is 35.5. The molecule has 8 heteroatoms. The van der Waals surface area contributed by atoms with Crippen LogP contribution in [0.4, 0.5) is 10.5 Å². The van der Waals surface area contributed by atoms with Crippen LogP contribution >= 0.6 is 23.4 Å². The first-order valence-electron chi connectivity index (χ1n) is 7.55. The average Bonchev–Trinajstić information content (AvgIpc) is 2.89. The van der Waals surface area contributed by atoms with E-state index >= 15 is 0 Å².